The number of piperidine rings is 1. The third-order valence-corrected chi connectivity index (χ3v) is 2.98. The molecule has 1 aliphatic rings. The van der Waals surface area contributed by atoms with Crippen molar-refractivity contribution >= 4 is 11.7 Å². The Balaban J connectivity index is 2.01. The number of likely N-dealkylation sites (tertiary alicyclic amines) is 1. The average Bonchev–Trinajstić information content (AvgIpc) is 2.33. The van der Waals surface area contributed by atoms with Gasteiger partial charge in [0.1, 0.15) is 5.82 Å². The molecule has 0 bridgehead atoms. The molecular weight excluding hydrogens is 214 g/mol. The highest BCUT2D eigenvalue weighted by Gasteiger charge is 2.17. The molecule has 0 saturated carbocycles. The van der Waals surface area contributed by atoms with Crippen LogP contribution in [0.25, 0.3) is 0 Å². The number of aromatic nitrogens is 1. The zero-order valence-corrected chi connectivity index (χ0v) is 10.3. The summed E-state index contributed by atoms with van der Waals surface area (Å²) in [4.78, 5) is 17.9. The highest BCUT2D eigenvalue weighted by atomic mass is 16.2. The van der Waals surface area contributed by atoms with E-state index in [0.717, 1.165) is 37.3 Å². The summed E-state index contributed by atoms with van der Waals surface area (Å²) in [5.41, 5.74) is 1.14. The summed E-state index contributed by atoms with van der Waals surface area (Å²) in [6.07, 6.45) is 4.65. The van der Waals surface area contributed by atoms with E-state index in [1.54, 1.807) is 6.20 Å². The molecule has 1 aromatic heterocycles. The van der Waals surface area contributed by atoms with Crippen LogP contribution in [0.1, 0.15) is 31.7 Å². The van der Waals surface area contributed by atoms with Crippen LogP contribution < -0.4 is 5.32 Å². The van der Waals surface area contributed by atoms with Crippen LogP contribution in [0.3, 0.4) is 0 Å². The molecule has 1 amide bonds. The van der Waals surface area contributed by atoms with Crippen molar-refractivity contribution in [2.45, 2.75) is 32.7 Å². The lowest BCUT2D eigenvalue weighted by Crippen LogP contribution is -2.34. The SMILES string of the molecule is CCNc1cc(CN2CCCCC2=O)ccn1. The molecule has 4 nitrogen and oxygen atoms in total. The minimum absolute atomic E-state index is 0.276. The maximum absolute atomic E-state index is 11.7. The molecule has 1 N–H and O–H groups in total. The van der Waals surface area contributed by atoms with Crippen molar-refractivity contribution in [2.75, 3.05) is 18.4 Å². The summed E-state index contributed by atoms with van der Waals surface area (Å²) in [6.45, 7) is 4.50. The van der Waals surface area contributed by atoms with E-state index in [1.807, 2.05) is 24.0 Å². The van der Waals surface area contributed by atoms with Crippen LogP contribution in [0.15, 0.2) is 18.3 Å². The molecule has 2 heterocycles. The number of anilines is 1. The van der Waals surface area contributed by atoms with Gasteiger partial charge in [-0.2, -0.15) is 0 Å². The van der Waals surface area contributed by atoms with Crippen molar-refractivity contribution in [1.82, 2.24) is 9.88 Å². The second kappa shape index (κ2) is 5.66. The van der Waals surface area contributed by atoms with E-state index >= 15 is 0 Å². The topological polar surface area (TPSA) is 45.2 Å². The maximum atomic E-state index is 11.7. The first kappa shape index (κ1) is 11.9. The highest BCUT2D eigenvalue weighted by Crippen LogP contribution is 2.15. The molecular formula is C13H19N3O. The molecule has 0 spiro atoms. The second-order valence-corrected chi connectivity index (χ2v) is 4.35. The Morgan fingerprint density at radius 2 is 2.35 bits per heavy atom. The van der Waals surface area contributed by atoms with Gasteiger partial charge in [0.05, 0.1) is 0 Å². The van der Waals surface area contributed by atoms with Gasteiger partial charge in [-0.25, -0.2) is 4.98 Å². The highest BCUT2D eigenvalue weighted by molar-refractivity contribution is 5.76. The van der Waals surface area contributed by atoms with Crippen molar-refractivity contribution in [1.29, 1.82) is 0 Å². The summed E-state index contributed by atoms with van der Waals surface area (Å²) >= 11 is 0. The molecule has 4 heteroatoms. The number of hydrogen-bond acceptors (Lipinski definition) is 3. The maximum Gasteiger partial charge on any atom is 0.222 e. The quantitative estimate of drug-likeness (QED) is 0.865. The van der Waals surface area contributed by atoms with Crippen LogP contribution in [0, 0.1) is 0 Å². The standard InChI is InChI=1S/C13H19N3O/c1-2-14-12-9-11(6-7-15-12)10-16-8-4-3-5-13(16)17/h6-7,9H,2-5,8,10H2,1H3,(H,14,15). The lowest BCUT2D eigenvalue weighted by atomic mass is 10.1. The molecule has 0 radical (unpaired) electrons. The first-order valence-electron chi connectivity index (χ1n) is 6.26. The van der Waals surface area contributed by atoms with Crippen molar-refractivity contribution in [3.05, 3.63) is 23.9 Å². The van der Waals surface area contributed by atoms with Crippen LogP contribution in [0.5, 0.6) is 0 Å². The van der Waals surface area contributed by atoms with E-state index in [4.69, 9.17) is 0 Å². The zero-order chi connectivity index (χ0) is 12.1. The molecule has 1 fully saturated rings. The number of pyridine rings is 1. The third-order valence-electron chi connectivity index (χ3n) is 2.98. The Labute approximate surface area is 102 Å². The number of amides is 1. The van der Waals surface area contributed by atoms with Crippen LogP contribution in [-0.2, 0) is 11.3 Å². The Hall–Kier alpha value is -1.58. The molecule has 2 rings (SSSR count). The molecule has 1 aliphatic heterocycles. The van der Waals surface area contributed by atoms with Crippen LogP contribution in [0.2, 0.25) is 0 Å². The predicted octanol–water partition coefficient (Wildman–Crippen LogP) is 2.03. The molecule has 17 heavy (non-hydrogen) atoms. The van der Waals surface area contributed by atoms with Crippen LogP contribution >= 0.6 is 0 Å². The molecule has 0 unspecified atom stereocenters. The fourth-order valence-corrected chi connectivity index (χ4v) is 2.10. The molecule has 1 saturated heterocycles. The zero-order valence-electron chi connectivity index (χ0n) is 10.3. The monoisotopic (exact) mass is 233 g/mol. The molecule has 1 aromatic rings. The average molecular weight is 233 g/mol. The number of nitrogens with one attached hydrogen (secondary N) is 1. The second-order valence-electron chi connectivity index (χ2n) is 4.35. The summed E-state index contributed by atoms with van der Waals surface area (Å²) in [5, 5.41) is 3.18. The Morgan fingerprint density at radius 1 is 1.47 bits per heavy atom. The fraction of sp³-hybridized carbons (Fsp3) is 0.538. The number of carbonyl (C=O) groups is 1. The lowest BCUT2D eigenvalue weighted by molar-refractivity contribution is -0.133. The van der Waals surface area contributed by atoms with E-state index in [2.05, 4.69) is 10.3 Å². The van der Waals surface area contributed by atoms with E-state index < -0.39 is 0 Å². The van der Waals surface area contributed by atoms with Gasteiger partial charge >= 0.3 is 0 Å². The number of hydrogen-bond donors (Lipinski definition) is 1. The smallest absolute Gasteiger partial charge is 0.222 e. The molecule has 0 aliphatic carbocycles. The number of rotatable bonds is 4. The molecule has 0 atom stereocenters. The fourth-order valence-electron chi connectivity index (χ4n) is 2.10. The minimum Gasteiger partial charge on any atom is -0.370 e. The van der Waals surface area contributed by atoms with Gasteiger partial charge in [-0.05, 0) is 37.5 Å². The molecule has 0 aromatic carbocycles. The Morgan fingerprint density at radius 3 is 3.12 bits per heavy atom. The van der Waals surface area contributed by atoms with Gasteiger partial charge in [-0.15, -0.1) is 0 Å². The van der Waals surface area contributed by atoms with Crippen molar-refractivity contribution in [3.8, 4) is 0 Å². The predicted molar refractivity (Wildman–Crippen MR) is 67.7 cm³/mol. The Kier molecular flexibility index (Phi) is 3.96. The first-order valence-corrected chi connectivity index (χ1v) is 6.26. The van der Waals surface area contributed by atoms with Crippen LogP contribution in [0.4, 0.5) is 5.82 Å². The van der Waals surface area contributed by atoms with Crippen LogP contribution in [-0.4, -0.2) is 28.9 Å². The minimum atomic E-state index is 0.276. The summed E-state index contributed by atoms with van der Waals surface area (Å²) in [7, 11) is 0. The first-order chi connectivity index (χ1) is 8.29. The largest absolute Gasteiger partial charge is 0.370 e. The van der Waals surface area contributed by atoms with Gasteiger partial charge in [0, 0.05) is 32.3 Å². The van der Waals surface area contributed by atoms with Gasteiger partial charge in [0.25, 0.3) is 0 Å². The van der Waals surface area contributed by atoms with E-state index in [0.29, 0.717) is 13.0 Å². The summed E-state index contributed by atoms with van der Waals surface area (Å²) in [6, 6.07) is 3.99. The number of nitrogens with zero attached hydrogens (tertiary/aromatic N) is 2. The van der Waals surface area contributed by atoms with Gasteiger partial charge < -0.3 is 10.2 Å². The van der Waals surface area contributed by atoms with Gasteiger partial charge in [0.2, 0.25) is 5.91 Å². The third kappa shape index (κ3) is 3.19. The van der Waals surface area contributed by atoms with Gasteiger partial charge in [0.15, 0.2) is 0 Å². The van der Waals surface area contributed by atoms with Crippen molar-refractivity contribution < 1.29 is 4.79 Å². The summed E-state index contributed by atoms with van der Waals surface area (Å²) < 4.78 is 0. The van der Waals surface area contributed by atoms with Gasteiger partial charge in [-0.3, -0.25) is 4.79 Å². The Bertz CT molecular complexity index is 392. The van der Waals surface area contributed by atoms with Crippen molar-refractivity contribution in [2.24, 2.45) is 0 Å². The van der Waals surface area contributed by atoms with Gasteiger partial charge in [-0.1, -0.05) is 0 Å². The molecule has 92 valence electrons. The van der Waals surface area contributed by atoms with Crippen molar-refractivity contribution in [3.63, 3.8) is 0 Å². The summed E-state index contributed by atoms with van der Waals surface area (Å²) in [5.74, 6) is 1.16. The normalized spacial score (nSPS) is 16.1. The van der Waals surface area contributed by atoms with E-state index in [1.165, 1.54) is 0 Å². The van der Waals surface area contributed by atoms with E-state index in [9.17, 15) is 4.79 Å². The number of carbonyl (C=O) groups excluding carboxylic acids is 1. The van der Waals surface area contributed by atoms with E-state index in [-0.39, 0.29) is 5.91 Å². The lowest BCUT2D eigenvalue weighted by Gasteiger charge is -2.26.